The normalized spacial score (nSPS) is 15.2. The third-order valence-electron chi connectivity index (χ3n) is 5.51. The monoisotopic (exact) mass is 424 g/mol. The second kappa shape index (κ2) is 8.88. The Bertz CT molecular complexity index is 1070. The van der Waals surface area contributed by atoms with Gasteiger partial charge < -0.3 is 14.8 Å². The number of aromatic nitrogens is 2. The summed E-state index contributed by atoms with van der Waals surface area (Å²) in [6.45, 7) is 3.71. The molecule has 1 aliphatic heterocycles. The van der Waals surface area contributed by atoms with E-state index in [2.05, 4.69) is 5.32 Å². The van der Waals surface area contributed by atoms with Gasteiger partial charge in [0.1, 0.15) is 12.4 Å². The summed E-state index contributed by atoms with van der Waals surface area (Å²) in [6.07, 6.45) is 3.28. The highest BCUT2D eigenvalue weighted by Crippen LogP contribution is 2.22. The van der Waals surface area contributed by atoms with Crippen LogP contribution in [0, 0.1) is 0 Å². The maximum Gasteiger partial charge on any atom is 0.251 e. The van der Waals surface area contributed by atoms with Gasteiger partial charge in [-0.05, 0) is 56.5 Å². The van der Waals surface area contributed by atoms with E-state index in [0.717, 1.165) is 37.0 Å². The zero-order valence-electron chi connectivity index (χ0n) is 17.0. The average Bonchev–Trinajstić information content (AvgIpc) is 3.13. The zero-order valence-corrected chi connectivity index (χ0v) is 17.7. The lowest BCUT2D eigenvalue weighted by Crippen LogP contribution is -2.38. The van der Waals surface area contributed by atoms with Crippen LogP contribution in [0.2, 0.25) is 5.02 Å². The van der Waals surface area contributed by atoms with Gasteiger partial charge >= 0.3 is 0 Å². The van der Waals surface area contributed by atoms with Crippen LogP contribution in [0.25, 0.3) is 11.0 Å². The Kier molecular flexibility index (Phi) is 6.04. The lowest BCUT2D eigenvalue weighted by atomic mass is 10.1. The summed E-state index contributed by atoms with van der Waals surface area (Å²) >= 11 is 6.01. The molecule has 3 aromatic rings. The summed E-state index contributed by atoms with van der Waals surface area (Å²) in [5, 5.41) is 3.50. The number of imidazole rings is 1. The highest BCUT2D eigenvalue weighted by Gasteiger charge is 2.23. The molecule has 7 heteroatoms. The van der Waals surface area contributed by atoms with Crippen LogP contribution in [0.3, 0.4) is 0 Å². The summed E-state index contributed by atoms with van der Waals surface area (Å²) in [5.41, 5.74) is 2.19. The van der Waals surface area contributed by atoms with Crippen LogP contribution in [-0.2, 0) is 11.3 Å². The maximum absolute atomic E-state index is 12.9. The number of fused-ring (bicyclic) bond motifs is 1. The molecule has 2 aromatic carbocycles. The number of halogens is 1. The largest absolute Gasteiger partial charge is 0.342 e. The van der Waals surface area contributed by atoms with E-state index in [1.54, 1.807) is 24.3 Å². The van der Waals surface area contributed by atoms with Crippen molar-refractivity contribution in [3.05, 3.63) is 64.9 Å². The molecule has 1 atom stereocenters. The minimum Gasteiger partial charge on any atom is -0.342 e. The van der Waals surface area contributed by atoms with Crippen molar-refractivity contribution in [2.75, 3.05) is 13.1 Å². The van der Waals surface area contributed by atoms with Gasteiger partial charge in [0.25, 0.3) is 5.91 Å². The molecule has 0 bridgehead atoms. The topological polar surface area (TPSA) is 67.2 Å². The van der Waals surface area contributed by atoms with E-state index in [-0.39, 0.29) is 24.4 Å². The molecule has 1 N–H and O–H groups in total. The average molecular weight is 425 g/mol. The van der Waals surface area contributed by atoms with E-state index >= 15 is 0 Å². The van der Waals surface area contributed by atoms with E-state index in [4.69, 9.17) is 16.6 Å². The molecule has 0 radical (unpaired) electrons. The Labute approximate surface area is 180 Å². The van der Waals surface area contributed by atoms with Crippen LogP contribution in [-0.4, -0.2) is 39.4 Å². The van der Waals surface area contributed by atoms with E-state index < -0.39 is 0 Å². The number of amides is 2. The molecule has 1 fully saturated rings. The number of nitrogens with one attached hydrogen (secondary N) is 1. The van der Waals surface area contributed by atoms with Crippen molar-refractivity contribution < 1.29 is 9.59 Å². The van der Waals surface area contributed by atoms with Crippen molar-refractivity contribution in [1.82, 2.24) is 19.8 Å². The van der Waals surface area contributed by atoms with Gasteiger partial charge in [-0.25, -0.2) is 4.98 Å². The Morgan fingerprint density at radius 3 is 2.63 bits per heavy atom. The number of carbonyl (C=O) groups excluding carboxylic acids is 2. The second-order valence-electron chi connectivity index (χ2n) is 7.69. The van der Waals surface area contributed by atoms with Crippen LogP contribution in [0.15, 0.2) is 48.5 Å². The number of benzene rings is 2. The number of likely N-dealkylation sites (tertiary alicyclic amines) is 1. The van der Waals surface area contributed by atoms with Crippen molar-refractivity contribution in [2.45, 2.75) is 38.8 Å². The lowest BCUT2D eigenvalue weighted by Gasteiger charge is -2.27. The van der Waals surface area contributed by atoms with Gasteiger partial charge in [0.05, 0.1) is 17.1 Å². The molecule has 156 valence electrons. The van der Waals surface area contributed by atoms with Crippen LogP contribution < -0.4 is 5.32 Å². The number of nitrogens with zero attached hydrogens (tertiary/aromatic N) is 3. The molecule has 4 rings (SSSR count). The SMILES string of the molecule is CC(NC(=O)c1cccc(Cl)c1)c1nc2ccccc2n1CC(=O)N1CCCCC1. The van der Waals surface area contributed by atoms with Gasteiger partial charge in [-0.2, -0.15) is 0 Å². The van der Waals surface area contributed by atoms with Gasteiger partial charge in [-0.1, -0.05) is 29.8 Å². The lowest BCUT2D eigenvalue weighted by molar-refractivity contribution is -0.132. The van der Waals surface area contributed by atoms with E-state index in [9.17, 15) is 9.59 Å². The van der Waals surface area contributed by atoms with Crippen LogP contribution >= 0.6 is 11.6 Å². The van der Waals surface area contributed by atoms with Crippen molar-refractivity contribution >= 4 is 34.4 Å². The molecule has 0 saturated carbocycles. The van der Waals surface area contributed by atoms with E-state index in [1.165, 1.54) is 6.42 Å². The number of piperidine rings is 1. The fourth-order valence-electron chi connectivity index (χ4n) is 3.94. The standard InChI is InChI=1S/C23H25ClN4O2/c1-16(25-23(30)17-8-7-9-18(24)14-17)22-26-19-10-3-4-11-20(19)28(22)15-21(29)27-12-5-2-6-13-27/h3-4,7-11,14,16H,2,5-6,12-13,15H2,1H3,(H,25,30). The van der Waals surface area contributed by atoms with Gasteiger partial charge in [0.15, 0.2) is 0 Å². The molecular weight excluding hydrogens is 400 g/mol. The molecule has 6 nitrogen and oxygen atoms in total. The summed E-state index contributed by atoms with van der Waals surface area (Å²) in [6, 6.07) is 14.2. The first-order valence-corrected chi connectivity index (χ1v) is 10.7. The Morgan fingerprint density at radius 1 is 1.10 bits per heavy atom. The van der Waals surface area contributed by atoms with E-state index in [0.29, 0.717) is 16.4 Å². The van der Waals surface area contributed by atoms with Crippen LogP contribution in [0.5, 0.6) is 0 Å². The highest BCUT2D eigenvalue weighted by atomic mass is 35.5. The molecule has 0 spiro atoms. The van der Waals surface area contributed by atoms with E-state index in [1.807, 2.05) is 40.7 Å². The predicted octanol–water partition coefficient (Wildman–Crippen LogP) is 4.19. The first-order valence-electron chi connectivity index (χ1n) is 10.3. The second-order valence-corrected chi connectivity index (χ2v) is 8.13. The third-order valence-corrected chi connectivity index (χ3v) is 5.74. The summed E-state index contributed by atoms with van der Waals surface area (Å²) in [7, 11) is 0. The van der Waals surface area contributed by atoms with Crippen LogP contribution in [0.4, 0.5) is 0 Å². The predicted molar refractivity (Wildman–Crippen MR) is 117 cm³/mol. The summed E-state index contributed by atoms with van der Waals surface area (Å²) in [4.78, 5) is 32.3. The molecule has 1 aromatic heterocycles. The fraction of sp³-hybridized carbons (Fsp3) is 0.348. The molecule has 0 aliphatic carbocycles. The zero-order chi connectivity index (χ0) is 21.1. The van der Waals surface area contributed by atoms with Crippen molar-refractivity contribution in [2.24, 2.45) is 0 Å². The highest BCUT2D eigenvalue weighted by molar-refractivity contribution is 6.30. The minimum atomic E-state index is -0.377. The maximum atomic E-state index is 12.9. The Balaban J connectivity index is 1.60. The third kappa shape index (κ3) is 4.33. The summed E-state index contributed by atoms with van der Waals surface area (Å²) < 4.78 is 1.93. The molecule has 2 amide bonds. The quantitative estimate of drug-likeness (QED) is 0.667. The number of carbonyl (C=O) groups is 2. The molecule has 2 heterocycles. The van der Waals surface area contributed by atoms with Crippen molar-refractivity contribution in [1.29, 1.82) is 0 Å². The first kappa shape index (κ1) is 20.4. The Hall–Kier alpha value is -2.86. The molecule has 1 unspecified atom stereocenters. The molecule has 30 heavy (non-hydrogen) atoms. The first-order chi connectivity index (χ1) is 14.5. The van der Waals surface area contributed by atoms with Gasteiger partial charge in [0, 0.05) is 23.7 Å². The van der Waals surface area contributed by atoms with Crippen molar-refractivity contribution in [3.8, 4) is 0 Å². The number of hydrogen-bond donors (Lipinski definition) is 1. The van der Waals surface area contributed by atoms with Gasteiger partial charge in [0.2, 0.25) is 5.91 Å². The molecular formula is C23H25ClN4O2. The van der Waals surface area contributed by atoms with Crippen molar-refractivity contribution in [3.63, 3.8) is 0 Å². The van der Waals surface area contributed by atoms with Gasteiger partial charge in [-0.3, -0.25) is 9.59 Å². The van der Waals surface area contributed by atoms with Crippen LogP contribution in [0.1, 0.15) is 48.4 Å². The molecule has 1 aliphatic rings. The smallest absolute Gasteiger partial charge is 0.251 e. The summed E-state index contributed by atoms with van der Waals surface area (Å²) in [5.74, 6) is 0.523. The van der Waals surface area contributed by atoms with Gasteiger partial charge in [-0.15, -0.1) is 0 Å². The number of para-hydroxylation sites is 2. The molecule has 1 saturated heterocycles. The Morgan fingerprint density at radius 2 is 1.87 bits per heavy atom. The number of hydrogen-bond acceptors (Lipinski definition) is 3. The minimum absolute atomic E-state index is 0.0903. The fourth-order valence-corrected chi connectivity index (χ4v) is 4.13. The number of rotatable bonds is 5.